The normalized spacial score (nSPS) is 15.5. The van der Waals surface area contributed by atoms with Crippen molar-refractivity contribution >= 4 is 40.1 Å². The van der Waals surface area contributed by atoms with Crippen molar-refractivity contribution in [2.45, 2.75) is 26.4 Å². The van der Waals surface area contributed by atoms with Crippen LogP contribution in [0.5, 0.6) is 0 Å². The predicted octanol–water partition coefficient (Wildman–Crippen LogP) is 3.32. The summed E-state index contributed by atoms with van der Waals surface area (Å²) in [6.07, 6.45) is 2.40. The highest BCUT2D eigenvalue weighted by Crippen LogP contribution is 2.21. The van der Waals surface area contributed by atoms with Crippen LogP contribution in [0, 0.1) is 16.3 Å². The van der Waals surface area contributed by atoms with Gasteiger partial charge in [-0.2, -0.15) is 5.10 Å². The first-order valence-electron chi connectivity index (χ1n) is 8.56. The standard InChI is InChI=1S/C18H21ClFIN4O/c1-13-17(21)12-25(22-13)6-5-18(26)24-9-7-23(8-10-24)11-14-15(19)3-2-4-16(14)20/h2-4,12H,5-11H2,1H3. The van der Waals surface area contributed by atoms with E-state index in [-0.39, 0.29) is 11.7 Å². The minimum atomic E-state index is -0.278. The molecule has 0 radical (unpaired) electrons. The number of rotatable bonds is 5. The fourth-order valence-corrected chi connectivity index (χ4v) is 3.69. The third-order valence-electron chi connectivity index (χ3n) is 4.61. The molecule has 0 N–H and O–H groups in total. The molecule has 1 aliphatic heterocycles. The maximum atomic E-state index is 13.9. The van der Waals surface area contributed by atoms with E-state index < -0.39 is 0 Å². The number of piperazine rings is 1. The quantitative estimate of drug-likeness (QED) is 0.604. The van der Waals surface area contributed by atoms with Crippen molar-refractivity contribution in [2.75, 3.05) is 26.2 Å². The van der Waals surface area contributed by atoms with Gasteiger partial charge in [-0.15, -0.1) is 0 Å². The fourth-order valence-electron chi connectivity index (χ4n) is 3.04. The Bertz CT molecular complexity index is 750. The van der Waals surface area contributed by atoms with Crippen LogP contribution in [-0.2, 0) is 17.9 Å². The van der Waals surface area contributed by atoms with Crippen molar-refractivity contribution in [2.24, 2.45) is 0 Å². The molecule has 1 aromatic heterocycles. The number of carbonyl (C=O) groups is 1. The fraction of sp³-hybridized carbons (Fsp3) is 0.444. The van der Waals surface area contributed by atoms with Crippen LogP contribution in [0.2, 0.25) is 5.02 Å². The molecule has 0 saturated carbocycles. The van der Waals surface area contributed by atoms with Crippen molar-refractivity contribution in [3.8, 4) is 0 Å². The highest BCUT2D eigenvalue weighted by Gasteiger charge is 2.22. The number of aryl methyl sites for hydroxylation is 2. The molecule has 0 atom stereocenters. The van der Waals surface area contributed by atoms with Gasteiger partial charge in [-0.3, -0.25) is 14.4 Å². The summed E-state index contributed by atoms with van der Waals surface area (Å²) in [5.74, 6) is -0.142. The van der Waals surface area contributed by atoms with Crippen LogP contribution in [0.1, 0.15) is 17.7 Å². The van der Waals surface area contributed by atoms with Gasteiger partial charge in [0.25, 0.3) is 0 Å². The lowest BCUT2D eigenvalue weighted by molar-refractivity contribution is -0.133. The first-order valence-corrected chi connectivity index (χ1v) is 10.0. The van der Waals surface area contributed by atoms with E-state index in [1.165, 1.54) is 6.07 Å². The van der Waals surface area contributed by atoms with Crippen LogP contribution in [0.25, 0.3) is 0 Å². The molecule has 26 heavy (non-hydrogen) atoms. The molecule has 2 heterocycles. The third-order valence-corrected chi connectivity index (χ3v) is 6.02. The number of nitrogens with zero attached hydrogens (tertiary/aromatic N) is 4. The summed E-state index contributed by atoms with van der Waals surface area (Å²) in [6.45, 7) is 5.76. The molecule has 1 amide bonds. The Hall–Kier alpha value is -1.19. The molecule has 1 aromatic carbocycles. The summed E-state index contributed by atoms with van der Waals surface area (Å²) in [6, 6.07) is 4.75. The van der Waals surface area contributed by atoms with Gasteiger partial charge in [0.05, 0.1) is 9.26 Å². The van der Waals surface area contributed by atoms with Crippen LogP contribution in [0.15, 0.2) is 24.4 Å². The van der Waals surface area contributed by atoms with Gasteiger partial charge in [0.15, 0.2) is 0 Å². The van der Waals surface area contributed by atoms with E-state index in [4.69, 9.17) is 11.6 Å². The topological polar surface area (TPSA) is 41.4 Å². The second-order valence-electron chi connectivity index (χ2n) is 6.43. The minimum Gasteiger partial charge on any atom is -0.340 e. The van der Waals surface area contributed by atoms with Gasteiger partial charge < -0.3 is 4.90 Å². The van der Waals surface area contributed by atoms with E-state index >= 15 is 0 Å². The zero-order valence-electron chi connectivity index (χ0n) is 14.6. The average molecular weight is 491 g/mol. The van der Waals surface area contributed by atoms with Gasteiger partial charge in [0, 0.05) is 62.5 Å². The first kappa shape index (κ1) is 19.6. The lowest BCUT2D eigenvalue weighted by Gasteiger charge is -2.35. The first-order chi connectivity index (χ1) is 12.4. The van der Waals surface area contributed by atoms with Crippen LogP contribution in [0.4, 0.5) is 4.39 Å². The monoisotopic (exact) mass is 490 g/mol. The summed E-state index contributed by atoms with van der Waals surface area (Å²) >= 11 is 8.34. The molecule has 0 unspecified atom stereocenters. The van der Waals surface area contributed by atoms with Crippen LogP contribution >= 0.6 is 34.2 Å². The van der Waals surface area contributed by atoms with Crippen LogP contribution in [-0.4, -0.2) is 51.7 Å². The van der Waals surface area contributed by atoms with Crippen molar-refractivity contribution in [1.29, 1.82) is 0 Å². The Kier molecular flexibility index (Phi) is 6.52. The van der Waals surface area contributed by atoms with Gasteiger partial charge in [0.2, 0.25) is 5.91 Å². The van der Waals surface area contributed by atoms with Crippen LogP contribution < -0.4 is 0 Å². The molecule has 5 nitrogen and oxygen atoms in total. The molecule has 8 heteroatoms. The van der Waals surface area contributed by atoms with Crippen molar-refractivity contribution in [1.82, 2.24) is 19.6 Å². The van der Waals surface area contributed by atoms with Crippen LogP contribution in [0.3, 0.4) is 0 Å². The number of hydrogen-bond donors (Lipinski definition) is 0. The number of benzene rings is 1. The summed E-state index contributed by atoms with van der Waals surface area (Å²) in [4.78, 5) is 16.4. The Morgan fingerprint density at radius 3 is 2.65 bits per heavy atom. The molecule has 1 saturated heterocycles. The van der Waals surface area contributed by atoms with Gasteiger partial charge in [-0.25, -0.2) is 4.39 Å². The highest BCUT2D eigenvalue weighted by atomic mass is 127. The molecule has 140 valence electrons. The van der Waals surface area contributed by atoms with E-state index in [0.717, 1.165) is 22.4 Å². The SMILES string of the molecule is Cc1nn(CCC(=O)N2CCN(Cc3c(F)cccc3Cl)CC2)cc1I. The molecule has 1 aliphatic rings. The highest BCUT2D eigenvalue weighted by molar-refractivity contribution is 14.1. The van der Waals surface area contributed by atoms with E-state index in [1.54, 1.807) is 12.1 Å². The minimum absolute atomic E-state index is 0.136. The number of amides is 1. The van der Waals surface area contributed by atoms with E-state index in [1.807, 2.05) is 22.7 Å². The second-order valence-corrected chi connectivity index (χ2v) is 8.00. The van der Waals surface area contributed by atoms with Crippen molar-refractivity contribution in [3.63, 3.8) is 0 Å². The number of aromatic nitrogens is 2. The molecule has 1 fully saturated rings. The molecule has 3 rings (SSSR count). The summed E-state index contributed by atoms with van der Waals surface area (Å²) < 4.78 is 16.8. The average Bonchev–Trinajstić information content (AvgIpc) is 2.95. The smallest absolute Gasteiger partial charge is 0.224 e. The third kappa shape index (κ3) is 4.75. The van der Waals surface area contributed by atoms with E-state index in [0.29, 0.717) is 43.2 Å². The van der Waals surface area contributed by atoms with Gasteiger partial charge >= 0.3 is 0 Å². The Morgan fingerprint density at radius 1 is 1.31 bits per heavy atom. The van der Waals surface area contributed by atoms with E-state index in [2.05, 4.69) is 32.6 Å². The molecule has 0 bridgehead atoms. The maximum absolute atomic E-state index is 13.9. The van der Waals surface area contributed by atoms with Gasteiger partial charge in [-0.05, 0) is 41.6 Å². The Labute approximate surface area is 171 Å². The zero-order chi connectivity index (χ0) is 18.7. The van der Waals surface area contributed by atoms with Gasteiger partial charge in [-0.1, -0.05) is 17.7 Å². The predicted molar refractivity (Wildman–Crippen MR) is 108 cm³/mol. The molecule has 0 spiro atoms. The summed E-state index contributed by atoms with van der Waals surface area (Å²) in [7, 11) is 0. The molecule has 0 aliphatic carbocycles. The summed E-state index contributed by atoms with van der Waals surface area (Å²) in [5.41, 5.74) is 1.51. The number of hydrogen-bond acceptors (Lipinski definition) is 3. The molecular formula is C18H21ClFIN4O. The summed E-state index contributed by atoms with van der Waals surface area (Å²) in [5, 5.41) is 4.84. The number of carbonyl (C=O) groups excluding carboxylic acids is 1. The van der Waals surface area contributed by atoms with Crippen molar-refractivity contribution in [3.05, 3.63) is 50.1 Å². The lowest BCUT2D eigenvalue weighted by Crippen LogP contribution is -2.48. The molecular weight excluding hydrogens is 470 g/mol. The molecule has 2 aromatic rings. The lowest BCUT2D eigenvalue weighted by atomic mass is 10.1. The largest absolute Gasteiger partial charge is 0.340 e. The Balaban J connectivity index is 1.48. The Morgan fingerprint density at radius 2 is 2.04 bits per heavy atom. The van der Waals surface area contributed by atoms with E-state index in [9.17, 15) is 9.18 Å². The van der Waals surface area contributed by atoms with Gasteiger partial charge in [0.1, 0.15) is 5.82 Å². The maximum Gasteiger partial charge on any atom is 0.224 e. The second kappa shape index (κ2) is 8.67. The van der Waals surface area contributed by atoms with Crippen molar-refractivity contribution < 1.29 is 9.18 Å². The number of halogens is 3. The zero-order valence-corrected chi connectivity index (χ0v) is 17.5.